The molecule has 0 spiro atoms. The summed E-state index contributed by atoms with van der Waals surface area (Å²) in [6.45, 7) is 4.69. The third-order valence-electron chi connectivity index (χ3n) is 4.70. The number of sulfone groups is 1. The zero-order valence-corrected chi connectivity index (χ0v) is 15.8. The number of carbonyl (C=O) groups is 1. The van der Waals surface area contributed by atoms with Crippen molar-refractivity contribution in [3.63, 3.8) is 0 Å². The van der Waals surface area contributed by atoms with Crippen molar-refractivity contribution in [1.82, 2.24) is 4.90 Å². The first-order valence-electron chi connectivity index (χ1n) is 8.42. The van der Waals surface area contributed by atoms with Crippen LogP contribution < -0.4 is 0 Å². The lowest BCUT2D eigenvalue weighted by atomic mass is 10.1. The quantitative estimate of drug-likeness (QED) is 0.813. The van der Waals surface area contributed by atoms with Crippen LogP contribution >= 0.6 is 11.3 Å². The summed E-state index contributed by atoms with van der Waals surface area (Å²) in [5, 5.41) is 1.11. The first-order valence-corrected chi connectivity index (χ1v) is 11.1. The Hall–Kier alpha value is -1.40. The Balaban J connectivity index is 1.94. The topological polar surface area (TPSA) is 54.5 Å². The Morgan fingerprint density at radius 1 is 1.33 bits per heavy atom. The smallest absolute Gasteiger partial charge is 0.264 e. The molecule has 1 unspecified atom stereocenters. The molecule has 1 aromatic heterocycles. The van der Waals surface area contributed by atoms with Gasteiger partial charge in [-0.3, -0.25) is 4.79 Å². The van der Waals surface area contributed by atoms with Gasteiger partial charge in [-0.1, -0.05) is 31.5 Å². The molecule has 1 amide bonds. The maximum atomic E-state index is 13.2. The molecule has 0 bridgehead atoms. The molecular weight excluding hydrogens is 342 g/mol. The molecule has 6 heteroatoms. The molecule has 0 aliphatic carbocycles. The highest BCUT2D eigenvalue weighted by Crippen LogP contribution is 2.32. The van der Waals surface area contributed by atoms with Gasteiger partial charge in [0, 0.05) is 17.3 Å². The maximum Gasteiger partial charge on any atom is 0.264 e. The van der Waals surface area contributed by atoms with E-state index in [1.165, 1.54) is 11.3 Å². The number of fused-ring (bicyclic) bond motifs is 1. The van der Waals surface area contributed by atoms with Crippen molar-refractivity contribution < 1.29 is 13.2 Å². The minimum atomic E-state index is -3.01. The summed E-state index contributed by atoms with van der Waals surface area (Å²) in [5.74, 6) is 0.287. The molecule has 3 rings (SSSR count). The van der Waals surface area contributed by atoms with Gasteiger partial charge < -0.3 is 4.90 Å². The Morgan fingerprint density at radius 2 is 2.08 bits per heavy atom. The molecule has 1 atom stereocenters. The number of aryl methyl sites for hydroxylation is 1. The molecule has 24 heavy (non-hydrogen) atoms. The zero-order valence-electron chi connectivity index (χ0n) is 14.1. The van der Waals surface area contributed by atoms with Crippen LogP contribution in [0.3, 0.4) is 0 Å². The second-order valence-electron chi connectivity index (χ2n) is 6.46. The SMILES string of the molecule is CCCCN(C(=O)c1sc2ccccc2c1C)C1CCS(=O)(=O)C1. The summed E-state index contributed by atoms with van der Waals surface area (Å²) in [6, 6.07) is 7.84. The summed E-state index contributed by atoms with van der Waals surface area (Å²) in [4.78, 5) is 15.7. The lowest BCUT2D eigenvalue weighted by molar-refractivity contribution is 0.0698. The monoisotopic (exact) mass is 365 g/mol. The number of thiophene rings is 1. The normalized spacial score (nSPS) is 19.7. The molecule has 1 aromatic carbocycles. The van der Waals surface area contributed by atoms with Crippen molar-refractivity contribution in [2.45, 2.75) is 39.2 Å². The minimum Gasteiger partial charge on any atom is -0.334 e. The molecule has 1 aliphatic heterocycles. The highest BCUT2D eigenvalue weighted by molar-refractivity contribution is 7.91. The van der Waals surface area contributed by atoms with E-state index in [2.05, 4.69) is 6.92 Å². The summed E-state index contributed by atoms with van der Waals surface area (Å²) in [7, 11) is -3.01. The second-order valence-corrected chi connectivity index (χ2v) is 9.74. The van der Waals surface area contributed by atoms with Crippen LogP contribution in [-0.2, 0) is 9.84 Å². The van der Waals surface area contributed by atoms with E-state index in [9.17, 15) is 13.2 Å². The lowest BCUT2D eigenvalue weighted by Gasteiger charge is -2.28. The summed E-state index contributed by atoms with van der Waals surface area (Å²) < 4.78 is 24.8. The summed E-state index contributed by atoms with van der Waals surface area (Å²) in [6.07, 6.45) is 2.43. The van der Waals surface area contributed by atoms with Gasteiger partial charge in [-0.05, 0) is 36.8 Å². The number of hydrogen-bond acceptors (Lipinski definition) is 4. The molecule has 0 N–H and O–H groups in total. The third-order valence-corrected chi connectivity index (χ3v) is 7.71. The van der Waals surface area contributed by atoms with Crippen molar-refractivity contribution >= 4 is 37.2 Å². The van der Waals surface area contributed by atoms with Gasteiger partial charge in [0.1, 0.15) is 0 Å². The van der Waals surface area contributed by atoms with E-state index in [1.54, 1.807) is 0 Å². The average molecular weight is 366 g/mol. The zero-order chi connectivity index (χ0) is 17.3. The van der Waals surface area contributed by atoms with Crippen LogP contribution in [0.4, 0.5) is 0 Å². The second kappa shape index (κ2) is 6.84. The van der Waals surface area contributed by atoms with Crippen molar-refractivity contribution in [3.8, 4) is 0 Å². The van der Waals surface area contributed by atoms with Crippen molar-refractivity contribution in [2.24, 2.45) is 0 Å². The van der Waals surface area contributed by atoms with E-state index in [0.29, 0.717) is 13.0 Å². The van der Waals surface area contributed by atoms with Crippen molar-refractivity contribution in [1.29, 1.82) is 0 Å². The van der Waals surface area contributed by atoms with E-state index in [1.807, 2.05) is 36.1 Å². The summed E-state index contributed by atoms with van der Waals surface area (Å²) in [5.41, 5.74) is 1.00. The predicted molar refractivity (Wildman–Crippen MR) is 99.6 cm³/mol. The first kappa shape index (κ1) is 17.4. The highest BCUT2D eigenvalue weighted by atomic mass is 32.2. The van der Waals surface area contributed by atoms with Gasteiger partial charge >= 0.3 is 0 Å². The Labute approximate surface area is 147 Å². The van der Waals surface area contributed by atoms with E-state index >= 15 is 0 Å². The first-order chi connectivity index (χ1) is 11.4. The molecule has 1 fully saturated rings. The summed E-state index contributed by atoms with van der Waals surface area (Å²) >= 11 is 1.51. The predicted octanol–water partition coefficient (Wildman–Crippen LogP) is 3.64. The van der Waals surface area contributed by atoms with Gasteiger partial charge in [0.25, 0.3) is 5.91 Å². The Kier molecular flexibility index (Phi) is 4.97. The highest BCUT2D eigenvalue weighted by Gasteiger charge is 2.35. The molecular formula is C18H23NO3S2. The number of unbranched alkanes of at least 4 members (excludes halogenated alkanes) is 1. The van der Waals surface area contributed by atoms with Crippen molar-refractivity contribution in [3.05, 3.63) is 34.7 Å². The minimum absolute atomic E-state index is 0.00995. The van der Waals surface area contributed by atoms with Crippen LogP contribution in [0, 0.1) is 6.92 Å². The number of benzene rings is 1. The molecule has 2 heterocycles. The lowest BCUT2D eigenvalue weighted by Crippen LogP contribution is -2.41. The number of carbonyl (C=O) groups excluding carboxylic acids is 1. The van der Waals surface area contributed by atoms with Crippen molar-refractivity contribution in [2.75, 3.05) is 18.1 Å². The van der Waals surface area contributed by atoms with Gasteiger partial charge in [-0.2, -0.15) is 0 Å². The average Bonchev–Trinajstić information content (AvgIpc) is 3.08. The number of hydrogen-bond donors (Lipinski definition) is 0. The molecule has 4 nitrogen and oxygen atoms in total. The fraction of sp³-hybridized carbons (Fsp3) is 0.500. The van der Waals surface area contributed by atoms with Crippen LogP contribution in [0.25, 0.3) is 10.1 Å². The van der Waals surface area contributed by atoms with Crippen LogP contribution in [0.1, 0.15) is 41.4 Å². The molecule has 0 radical (unpaired) electrons. The molecule has 130 valence electrons. The molecule has 1 aliphatic rings. The largest absolute Gasteiger partial charge is 0.334 e. The van der Waals surface area contributed by atoms with E-state index in [-0.39, 0.29) is 23.5 Å². The number of rotatable bonds is 5. The van der Waals surface area contributed by atoms with Gasteiger partial charge in [0.2, 0.25) is 0 Å². The van der Waals surface area contributed by atoms with Gasteiger partial charge in [0.15, 0.2) is 9.84 Å². The van der Waals surface area contributed by atoms with Gasteiger partial charge in [-0.15, -0.1) is 11.3 Å². The molecule has 2 aromatic rings. The van der Waals surface area contributed by atoms with Crippen LogP contribution in [0.15, 0.2) is 24.3 Å². The van der Waals surface area contributed by atoms with Gasteiger partial charge in [-0.25, -0.2) is 8.42 Å². The number of nitrogens with zero attached hydrogens (tertiary/aromatic N) is 1. The van der Waals surface area contributed by atoms with E-state index < -0.39 is 9.84 Å². The standard InChI is InChI=1S/C18H23NO3S2/c1-3-4-10-19(14-9-11-24(21,22)12-14)18(20)17-13(2)15-7-5-6-8-16(15)23-17/h5-8,14H,3-4,9-12H2,1-2H3. The third kappa shape index (κ3) is 3.35. The van der Waals surface area contributed by atoms with E-state index in [4.69, 9.17) is 0 Å². The maximum absolute atomic E-state index is 13.2. The Bertz CT molecular complexity index is 854. The Morgan fingerprint density at radius 3 is 2.71 bits per heavy atom. The fourth-order valence-electron chi connectivity index (χ4n) is 3.31. The van der Waals surface area contributed by atoms with Crippen LogP contribution in [0.2, 0.25) is 0 Å². The van der Waals surface area contributed by atoms with Crippen LogP contribution in [-0.4, -0.2) is 43.3 Å². The van der Waals surface area contributed by atoms with Crippen LogP contribution in [0.5, 0.6) is 0 Å². The molecule has 1 saturated heterocycles. The molecule has 0 saturated carbocycles. The fourth-order valence-corrected chi connectivity index (χ4v) is 6.20. The van der Waals surface area contributed by atoms with Gasteiger partial charge in [0.05, 0.1) is 16.4 Å². The van der Waals surface area contributed by atoms with E-state index in [0.717, 1.165) is 33.4 Å². The number of amides is 1.